The van der Waals surface area contributed by atoms with Crippen LogP contribution in [0.4, 0.5) is 18.0 Å². The molecule has 3 heterocycles. The highest BCUT2D eigenvalue weighted by Gasteiger charge is 2.40. The highest BCUT2D eigenvalue weighted by atomic mass is 19.4. The molecule has 0 unspecified atom stereocenters. The Balaban J connectivity index is 1.26. The van der Waals surface area contributed by atoms with Crippen molar-refractivity contribution < 1.29 is 27.5 Å². The standard InChI is InChI=1S/C19H22F3N3O3/c20-19(21,22)14-3-1-12(2-4-14)7-13-8-25(9-13)18(27)24-6-5-16-15(10-24)23-17(26)11-28-16/h1-4,13,15-16H,5-11H2,(H,23,26)/t15-,16+/m1/s1. The number of rotatable bonds is 2. The zero-order valence-electron chi connectivity index (χ0n) is 15.2. The largest absolute Gasteiger partial charge is 0.416 e. The van der Waals surface area contributed by atoms with Crippen LogP contribution >= 0.6 is 0 Å². The van der Waals surface area contributed by atoms with E-state index in [4.69, 9.17) is 4.74 Å². The number of hydrogen-bond donors (Lipinski definition) is 1. The number of alkyl halides is 3. The number of likely N-dealkylation sites (tertiary alicyclic amines) is 2. The molecule has 0 aliphatic carbocycles. The van der Waals surface area contributed by atoms with Gasteiger partial charge < -0.3 is 19.9 Å². The van der Waals surface area contributed by atoms with Gasteiger partial charge in [0, 0.05) is 26.2 Å². The van der Waals surface area contributed by atoms with Crippen LogP contribution in [-0.4, -0.2) is 66.7 Å². The van der Waals surface area contributed by atoms with Crippen molar-refractivity contribution in [1.82, 2.24) is 15.1 Å². The molecule has 3 saturated heterocycles. The number of hydrogen-bond acceptors (Lipinski definition) is 3. The molecule has 1 aromatic carbocycles. The van der Waals surface area contributed by atoms with E-state index in [1.807, 2.05) is 0 Å². The fourth-order valence-electron chi connectivity index (χ4n) is 4.09. The molecule has 9 heteroatoms. The van der Waals surface area contributed by atoms with E-state index in [0.29, 0.717) is 39.0 Å². The number of morpholine rings is 1. The SMILES string of the molecule is O=C1CO[C@H]2CCN(C(=O)N3CC(Cc4ccc(C(F)(F)F)cc4)C3)C[C@H]2N1. The first-order valence-electron chi connectivity index (χ1n) is 9.40. The summed E-state index contributed by atoms with van der Waals surface area (Å²) < 4.78 is 43.4. The fraction of sp³-hybridized carbons (Fsp3) is 0.579. The predicted molar refractivity (Wildman–Crippen MR) is 93.5 cm³/mol. The minimum absolute atomic E-state index is 0.0365. The van der Waals surface area contributed by atoms with E-state index in [1.54, 1.807) is 9.80 Å². The minimum Gasteiger partial charge on any atom is -0.366 e. The van der Waals surface area contributed by atoms with Gasteiger partial charge in [-0.05, 0) is 36.5 Å². The number of urea groups is 1. The summed E-state index contributed by atoms with van der Waals surface area (Å²) in [7, 11) is 0. The zero-order valence-corrected chi connectivity index (χ0v) is 15.2. The maximum Gasteiger partial charge on any atom is 0.416 e. The van der Waals surface area contributed by atoms with E-state index in [0.717, 1.165) is 17.7 Å². The third-order valence-corrected chi connectivity index (χ3v) is 5.63. The number of fused-ring (bicyclic) bond motifs is 1. The minimum atomic E-state index is -4.32. The number of carbonyl (C=O) groups is 2. The van der Waals surface area contributed by atoms with Gasteiger partial charge in [-0.2, -0.15) is 13.2 Å². The predicted octanol–water partition coefficient (Wildman–Crippen LogP) is 1.89. The highest BCUT2D eigenvalue weighted by molar-refractivity contribution is 5.79. The van der Waals surface area contributed by atoms with E-state index < -0.39 is 11.7 Å². The number of nitrogens with zero attached hydrogens (tertiary/aromatic N) is 2. The monoisotopic (exact) mass is 397 g/mol. The summed E-state index contributed by atoms with van der Waals surface area (Å²) in [5.74, 6) is 0.0899. The Morgan fingerprint density at radius 1 is 1.14 bits per heavy atom. The Morgan fingerprint density at radius 3 is 2.54 bits per heavy atom. The molecule has 1 N–H and O–H groups in total. The molecule has 2 atom stereocenters. The van der Waals surface area contributed by atoms with Crippen LogP contribution < -0.4 is 5.32 Å². The summed E-state index contributed by atoms with van der Waals surface area (Å²) in [6.07, 6.45) is -3.02. The van der Waals surface area contributed by atoms with Crippen LogP contribution in [0.25, 0.3) is 0 Å². The van der Waals surface area contributed by atoms with Gasteiger partial charge in [-0.15, -0.1) is 0 Å². The fourth-order valence-corrected chi connectivity index (χ4v) is 4.09. The van der Waals surface area contributed by atoms with Crippen molar-refractivity contribution in [3.8, 4) is 0 Å². The van der Waals surface area contributed by atoms with E-state index in [1.165, 1.54) is 12.1 Å². The van der Waals surface area contributed by atoms with E-state index in [-0.39, 0.29) is 36.6 Å². The first kappa shape index (κ1) is 19.0. The Kier molecular flexibility index (Phi) is 4.95. The van der Waals surface area contributed by atoms with Crippen molar-refractivity contribution in [3.63, 3.8) is 0 Å². The van der Waals surface area contributed by atoms with Gasteiger partial charge in [-0.3, -0.25) is 4.79 Å². The Labute approximate surface area is 160 Å². The summed E-state index contributed by atoms with van der Waals surface area (Å²) >= 11 is 0. The van der Waals surface area contributed by atoms with Crippen LogP contribution in [-0.2, 0) is 22.1 Å². The van der Waals surface area contributed by atoms with Gasteiger partial charge in [-0.25, -0.2) is 4.79 Å². The summed E-state index contributed by atoms with van der Waals surface area (Å²) in [4.78, 5) is 27.6. The van der Waals surface area contributed by atoms with Crippen molar-refractivity contribution in [1.29, 1.82) is 0 Å². The number of amides is 3. The van der Waals surface area contributed by atoms with Crippen molar-refractivity contribution in [2.75, 3.05) is 32.8 Å². The molecule has 0 saturated carbocycles. The third kappa shape index (κ3) is 3.94. The van der Waals surface area contributed by atoms with Gasteiger partial charge in [0.15, 0.2) is 0 Å². The van der Waals surface area contributed by atoms with Crippen molar-refractivity contribution in [3.05, 3.63) is 35.4 Å². The normalized spacial score (nSPS) is 25.8. The van der Waals surface area contributed by atoms with Crippen molar-refractivity contribution in [2.45, 2.75) is 31.2 Å². The van der Waals surface area contributed by atoms with Gasteiger partial charge in [0.1, 0.15) is 6.61 Å². The average molecular weight is 397 g/mol. The molecule has 0 radical (unpaired) electrons. The van der Waals surface area contributed by atoms with Crippen LogP contribution in [0.1, 0.15) is 17.5 Å². The molecule has 3 aliphatic rings. The zero-order chi connectivity index (χ0) is 19.9. The second-order valence-corrected chi connectivity index (χ2v) is 7.71. The average Bonchev–Trinajstić information content (AvgIpc) is 2.63. The topological polar surface area (TPSA) is 61.9 Å². The van der Waals surface area contributed by atoms with Crippen molar-refractivity contribution >= 4 is 11.9 Å². The second-order valence-electron chi connectivity index (χ2n) is 7.71. The smallest absolute Gasteiger partial charge is 0.366 e. The van der Waals surface area contributed by atoms with Crippen LogP contribution in [0.2, 0.25) is 0 Å². The molecule has 0 bridgehead atoms. The highest BCUT2D eigenvalue weighted by Crippen LogP contribution is 2.30. The molecule has 3 aliphatic heterocycles. The number of halogens is 3. The van der Waals surface area contributed by atoms with Crippen LogP contribution in [0.3, 0.4) is 0 Å². The molecule has 152 valence electrons. The lowest BCUT2D eigenvalue weighted by molar-refractivity contribution is -0.140. The van der Waals surface area contributed by atoms with E-state index >= 15 is 0 Å². The van der Waals surface area contributed by atoms with Crippen LogP contribution in [0.15, 0.2) is 24.3 Å². The quantitative estimate of drug-likeness (QED) is 0.829. The maximum absolute atomic E-state index is 12.7. The molecule has 4 rings (SSSR count). The van der Waals surface area contributed by atoms with Gasteiger partial charge in [-0.1, -0.05) is 12.1 Å². The molecular weight excluding hydrogens is 375 g/mol. The number of nitrogens with one attached hydrogen (secondary N) is 1. The van der Waals surface area contributed by atoms with Crippen LogP contribution in [0, 0.1) is 5.92 Å². The number of piperidine rings is 1. The van der Waals surface area contributed by atoms with Crippen molar-refractivity contribution in [2.24, 2.45) is 5.92 Å². The first-order valence-corrected chi connectivity index (χ1v) is 9.40. The maximum atomic E-state index is 12.7. The number of ether oxygens (including phenoxy) is 1. The summed E-state index contributed by atoms with van der Waals surface area (Å²) in [6.45, 7) is 2.29. The number of carbonyl (C=O) groups excluding carboxylic acids is 2. The van der Waals surface area contributed by atoms with Crippen LogP contribution in [0.5, 0.6) is 0 Å². The molecular formula is C19H22F3N3O3. The lowest BCUT2D eigenvalue weighted by Crippen LogP contribution is -2.64. The Bertz CT molecular complexity index is 747. The second kappa shape index (κ2) is 7.27. The van der Waals surface area contributed by atoms with E-state index in [2.05, 4.69) is 5.32 Å². The lowest BCUT2D eigenvalue weighted by atomic mass is 9.92. The first-order chi connectivity index (χ1) is 13.3. The van der Waals surface area contributed by atoms with Gasteiger partial charge in [0.25, 0.3) is 0 Å². The molecule has 0 aromatic heterocycles. The molecule has 28 heavy (non-hydrogen) atoms. The molecule has 6 nitrogen and oxygen atoms in total. The summed E-state index contributed by atoms with van der Waals surface area (Å²) in [5.41, 5.74) is 0.192. The van der Waals surface area contributed by atoms with Gasteiger partial charge >= 0.3 is 12.2 Å². The Morgan fingerprint density at radius 2 is 1.86 bits per heavy atom. The third-order valence-electron chi connectivity index (χ3n) is 5.63. The summed E-state index contributed by atoms with van der Waals surface area (Å²) in [6, 6.07) is 4.99. The molecule has 3 amide bonds. The number of benzene rings is 1. The van der Waals surface area contributed by atoms with Gasteiger partial charge in [0.05, 0.1) is 17.7 Å². The molecule has 0 spiro atoms. The molecule has 3 fully saturated rings. The Hall–Kier alpha value is -2.29. The lowest BCUT2D eigenvalue weighted by Gasteiger charge is -2.46. The summed E-state index contributed by atoms with van der Waals surface area (Å²) in [5, 5.41) is 2.88. The van der Waals surface area contributed by atoms with E-state index in [9.17, 15) is 22.8 Å². The molecule has 1 aromatic rings. The van der Waals surface area contributed by atoms with Gasteiger partial charge in [0.2, 0.25) is 5.91 Å².